The fourth-order valence-corrected chi connectivity index (χ4v) is 3.16. The molecular weight excluding hydrogens is 242 g/mol. The fourth-order valence-electron chi connectivity index (χ4n) is 3.16. The predicted molar refractivity (Wildman–Crippen MR) is 71.4 cm³/mol. The third kappa shape index (κ3) is 1.63. The summed E-state index contributed by atoms with van der Waals surface area (Å²) in [4.78, 5) is 25.8. The van der Waals surface area contributed by atoms with Crippen molar-refractivity contribution in [1.82, 2.24) is 0 Å². The SMILES string of the molecule is Cc1ccc2c(c1C)N([C@H]1CCC[C@@H]1O)C(=O)C2=O. The Morgan fingerprint density at radius 1 is 1.21 bits per heavy atom. The van der Waals surface area contributed by atoms with E-state index in [4.69, 9.17) is 0 Å². The van der Waals surface area contributed by atoms with E-state index in [0.29, 0.717) is 17.7 Å². The van der Waals surface area contributed by atoms with Crippen molar-refractivity contribution in [2.75, 3.05) is 4.90 Å². The molecule has 1 saturated carbocycles. The van der Waals surface area contributed by atoms with Gasteiger partial charge in [0.15, 0.2) is 0 Å². The quantitative estimate of drug-likeness (QED) is 0.782. The van der Waals surface area contributed by atoms with Gasteiger partial charge in [0, 0.05) is 0 Å². The summed E-state index contributed by atoms with van der Waals surface area (Å²) < 4.78 is 0. The van der Waals surface area contributed by atoms with E-state index in [0.717, 1.165) is 24.0 Å². The van der Waals surface area contributed by atoms with Crippen LogP contribution in [0.4, 0.5) is 5.69 Å². The molecule has 1 amide bonds. The Balaban J connectivity index is 2.16. The summed E-state index contributed by atoms with van der Waals surface area (Å²) in [6.45, 7) is 3.89. The molecule has 4 nitrogen and oxygen atoms in total. The summed E-state index contributed by atoms with van der Waals surface area (Å²) in [5.41, 5.74) is 3.20. The molecular formula is C15H17NO3. The number of anilines is 1. The predicted octanol–water partition coefficient (Wildman–Crippen LogP) is 1.75. The first kappa shape index (κ1) is 12.4. The minimum absolute atomic E-state index is 0.252. The van der Waals surface area contributed by atoms with Gasteiger partial charge in [-0.15, -0.1) is 0 Å². The number of aryl methyl sites for hydroxylation is 1. The fraction of sp³-hybridized carbons (Fsp3) is 0.467. The molecule has 100 valence electrons. The lowest BCUT2D eigenvalue weighted by Gasteiger charge is -2.28. The molecule has 1 fully saturated rings. The minimum atomic E-state index is -0.525. The number of hydrogen-bond donors (Lipinski definition) is 1. The maximum Gasteiger partial charge on any atom is 0.299 e. The summed E-state index contributed by atoms with van der Waals surface area (Å²) in [5, 5.41) is 10.0. The van der Waals surface area contributed by atoms with Crippen LogP contribution in [-0.4, -0.2) is 28.9 Å². The molecule has 0 aromatic heterocycles. The molecule has 0 unspecified atom stereocenters. The van der Waals surface area contributed by atoms with E-state index < -0.39 is 17.8 Å². The summed E-state index contributed by atoms with van der Waals surface area (Å²) in [7, 11) is 0. The zero-order valence-electron chi connectivity index (χ0n) is 11.1. The van der Waals surface area contributed by atoms with Crippen LogP contribution in [0, 0.1) is 13.8 Å². The van der Waals surface area contributed by atoms with Crippen LogP contribution < -0.4 is 4.90 Å². The molecule has 1 aliphatic heterocycles. The van der Waals surface area contributed by atoms with Crippen molar-refractivity contribution in [2.24, 2.45) is 0 Å². The van der Waals surface area contributed by atoms with Crippen LogP contribution in [0.3, 0.4) is 0 Å². The number of carbonyl (C=O) groups excluding carboxylic acids is 2. The first-order valence-electron chi connectivity index (χ1n) is 6.68. The Morgan fingerprint density at radius 3 is 2.58 bits per heavy atom. The number of nitrogens with zero attached hydrogens (tertiary/aromatic N) is 1. The van der Waals surface area contributed by atoms with Crippen molar-refractivity contribution in [2.45, 2.75) is 45.3 Å². The molecule has 2 aliphatic rings. The van der Waals surface area contributed by atoms with E-state index in [9.17, 15) is 14.7 Å². The number of rotatable bonds is 1. The monoisotopic (exact) mass is 259 g/mol. The van der Waals surface area contributed by atoms with Crippen LogP contribution in [0.1, 0.15) is 40.7 Å². The second kappa shape index (κ2) is 4.17. The molecule has 1 aromatic carbocycles. The van der Waals surface area contributed by atoms with Crippen molar-refractivity contribution in [3.05, 3.63) is 28.8 Å². The topological polar surface area (TPSA) is 57.6 Å². The Kier molecular flexibility index (Phi) is 2.71. The maximum atomic E-state index is 12.2. The summed E-state index contributed by atoms with van der Waals surface area (Å²) in [6, 6.07) is 3.34. The van der Waals surface area contributed by atoms with Crippen molar-refractivity contribution < 1.29 is 14.7 Å². The summed E-state index contributed by atoms with van der Waals surface area (Å²) in [5.74, 6) is -0.938. The van der Waals surface area contributed by atoms with Crippen LogP contribution in [0.2, 0.25) is 0 Å². The van der Waals surface area contributed by atoms with Crippen LogP contribution in [0.5, 0.6) is 0 Å². The molecule has 0 saturated heterocycles. The Bertz CT molecular complexity index is 579. The summed E-state index contributed by atoms with van der Waals surface area (Å²) in [6.07, 6.45) is 1.82. The Labute approximate surface area is 112 Å². The smallest absolute Gasteiger partial charge is 0.299 e. The summed E-state index contributed by atoms with van der Waals surface area (Å²) >= 11 is 0. The second-order valence-corrected chi connectivity index (χ2v) is 5.47. The average Bonchev–Trinajstić information content (AvgIpc) is 2.89. The third-order valence-electron chi connectivity index (χ3n) is 4.38. The van der Waals surface area contributed by atoms with Crippen LogP contribution in [0.25, 0.3) is 0 Å². The van der Waals surface area contributed by atoms with Gasteiger partial charge < -0.3 is 5.11 Å². The highest BCUT2D eigenvalue weighted by Crippen LogP contribution is 2.39. The normalized spacial score (nSPS) is 26.2. The molecule has 2 atom stereocenters. The minimum Gasteiger partial charge on any atom is -0.391 e. The van der Waals surface area contributed by atoms with E-state index in [2.05, 4.69) is 0 Å². The van der Waals surface area contributed by atoms with Crippen LogP contribution >= 0.6 is 0 Å². The maximum absolute atomic E-state index is 12.2. The van der Waals surface area contributed by atoms with E-state index >= 15 is 0 Å². The first-order valence-corrected chi connectivity index (χ1v) is 6.68. The van der Waals surface area contributed by atoms with Gasteiger partial charge in [0.2, 0.25) is 0 Å². The lowest BCUT2D eigenvalue weighted by Crippen LogP contribution is -2.44. The van der Waals surface area contributed by atoms with Crippen molar-refractivity contribution in [1.29, 1.82) is 0 Å². The standard InChI is InChI=1S/C15H17NO3/c1-8-6-7-10-13(9(8)2)16(15(19)14(10)18)11-4-3-5-12(11)17/h6-7,11-12,17H,3-5H2,1-2H3/t11-,12-/m0/s1. The lowest BCUT2D eigenvalue weighted by molar-refractivity contribution is -0.115. The molecule has 3 rings (SSSR count). The van der Waals surface area contributed by atoms with E-state index in [1.807, 2.05) is 19.9 Å². The zero-order valence-corrected chi connectivity index (χ0v) is 11.1. The Morgan fingerprint density at radius 2 is 1.95 bits per heavy atom. The largest absolute Gasteiger partial charge is 0.391 e. The number of ketones is 1. The van der Waals surface area contributed by atoms with Crippen molar-refractivity contribution >= 4 is 17.4 Å². The zero-order chi connectivity index (χ0) is 13.7. The number of aliphatic hydroxyl groups excluding tert-OH is 1. The highest BCUT2D eigenvalue weighted by Gasteiger charge is 2.44. The van der Waals surface area contributed by atoms with Gasteiger partial charge in [-0.2, -0.15) is 0 Å². The molecule has 1 aliphatic carbocycles. The second-order valence-electron chi connectivity index (χ2n) is 5.47. The number of amides is 1. The number of fused-ring (bicyclic) bond motifs is 1. The molecule has 0 bridgehead atoms. The lowest BCUT2D eigenvalue weighted by atomic mass is 10.0. The molecule has 19 heavy (non-hydrogen) atoms. The average molecular weight is 259 g/mol. The van der Waals surface area contributed by atoms with Gasteiger partial charge in [-0.25, -0.2) is 0 Å². The molecule has 1 aromatic rings. The highest BCUT2D eigenvalue weighted by atomic mass is 16.3. The Hall–Kier alpha value is -1.68. The van der Waals surface area contributed by atoms with Crippen LogP contribution in [0.15, 0.2) is 12.1 Å². The van der Waals surface area contributed by atoms with Gasteiger partial charge in [-0.1, -0.05) is 6.07 Å². The molecule has 0 spiro atoms. The van der Waals surface area contributed by atoms with E-state index in [1.165, 1.54) is 4.90 Å². The first-order chi connectivity index (χ1) is 9.02. The number of carbonyl (C=O) groups is 2. The molecule has 0 radical (unpaired) electrons. The third-order valence-corrected chi connectivity index (χ3v) is 4.38. The van der Waals surface area contributed by atoms with Crippen LogP contribution in [-0.2, 0) is 4.79 Å². The van der Waals surface area contributed by atoms with Gasteiger partial charge in [0.1, 0.15) is 0 Å². The van der Waals surface area contributed by atoms with Crippen molar-refractivity contribution in [3.63, 3.8) is 0 Å². The molecule has 4 heteroatoms. The molecule has 1 heterocycles. The van der Waals surface area contributed by atoms with Gasteiger partial charge in [-0.05, 0) is 50.3 Å². The highest BCUT2D eigenvalue weighted by molar-refractivity contribution is 6.52. The number of aliphatic hydroxyl groups is 1. The van der Waals surface area contributed by atoms with E-state index in [1.54, 1.807) is 6.07 Å². The van der Waals surface area contributed by atoms with Gasteiger partial charge >= 0.3 is 0 Å². The van der Waals surface area contributed by atoms with E-state index in [-0.39, 0.29) is 6.04 Å². The number of Topliss-reactive ketones (excluding diaryl/α,β-unsaturated/α-hetero) is 1. The number of benzene rings is 1. The van der Waals surface area contributed by atoms with Crippen molar-refractivity contribution in [3.8, 4) is 0 Å². The van der Waals surface area contributed by atoms with Gasteiger partial charge in [-0.3, -0.25) is 14.5 Å². The number of hydrogen-bond acceptors (Lipinski definition) is 3. The molecule has 1 N–H and O–H groups in total. The van der Waals surface area contributed by atoms with Gasteiger partial charge in [0.05, 0.1) is 23.4 Å². The van der Waals surface area contributed by atoms with Gasteiger partial charge in [0.25, 0.3) is 11.7 Å².